The van der Waals surface area contributed by atoms with Gasteiger partial charge in [-0.05, 0) is 30.5 Å². The van der Waals surface area contributed by atoms with E-state index in [-0.39, 0.29) is 17.6 Å². The SMILES string of the molecule is NC1CCCN(C(=O)NCc2cccc(C(=O)O)c2)C1. The standard InChI is InChI=1S/C14H19N3O3/c15-12-5-2-6-17(9-12)14(20)16-8-10-3-1-4-11(7-10)13(18)19/h1,3-4,7,12H,2,5-6,8-9,15H2,(H,16,20)(H,18,19). The van der Waals surface area contributed by atoms with Crippen molar-refractivity contribution in [1.29, 1.82) is 0 Å². The van der Waals surface area contributed by atoms with Gasteiger partial charge >= 0.3 is 12.0 Å². The number of likely N-dealkylation sites (tertiary alicyclic amines) is 1. The van der Waals surface area contributed by atoms with Gasteiger partial charge in [-0.25, -0.2) is 9.59 Å². The lowest BCUT2D eigenvalue weighted by Gasteiger charge is -2.30. The molecule has 20 heavy (non-hydrogen) atoms. The zero-order valence-corrected chi connectivity index (χ0v) is 11.2. The lowest BCUT2D eigenvalue weighted by Crippen LogP contribution is -2.49. The molecular formula is C14H19N3O3. The summed E-state index contributed by atoms with van der Waals surface area (Å²) in [6, 6.07) is 6.43. The Hall–Kier alpha value is -2.08. The maximum absolute atomic E-state index is 12.0. The number of piperidine rings is 1. The van der Waals surface area contributed by atoms with Crippen molar-refractivity contribution in [3.63, 3.8) is 0 Å². The highest BCUT2D eigenvalue weighted by Crippen LogP contribution is 2.09. The van der Waals surface area contributed by atoms with Crippen LogP contribution in [0.25, 0.3) is 0 Å². The monoisotopic (exact) mass is 277 g/mol. The number of nitrogens with two attached hydrogens (primary N) is 1. The number of nitrogens with one attached hydrogen (secondary N) is 1. The first-order chi connectivity index (χ1) is 9.56. The fraction of sp³-hybridized carbons (Fsp3) is 0.429. The van der Waals surface area contributed by atoms with Crippen molar-refractivity contribution in [1.82, 2.24) is 10.2 Å². The van der Waals surface area contributed by atoms with Crippen LogP contribution in [0.4, 0.5) is 4.79 Å². The van der Waals surface area contributed by atoms with Gasteiger partial charge in [-0.2, -0.15) is 0 Å². The normalized spacial score (nSPS) is 18.6. The second-order valence-corrected chi connectivity index (χ2v) is 5.01. The maximum Gasteiger partial charge on any atom is 0.335 e. The second-order valence-electron chi connectivity index (χ2n) is 5.01. The van der Waals surface area contributed by atoms with Crippen molar-refractivity contribution >= 4 is 12.0 Å². The molecule has 6 nitrogen and oxygen atoms in total. The van der Waals surface area contributed by atoms with Crippen molar-refractivity contribution < 1.29 is 14.7 Å². The first-order valence-corrected chi connectivity index (χ1v) is 6.67. The Labute approximate surface area is 117 Å². The highest BCUT2D eigenvalue weighted by Gasteiger charge is 2.20. The Morgan fingerprint density at radius 3 is 2.95 bits per heavy atom. The quantitative estimate of drug-likeness (QED) is 0.768. The van der Waals surface area contributed by atoms with Crippen LogP contribution in [0, 0.1) is 0 Å². The minimum atomic E-state index is -0.972. The van der Waals surface area contributed by atoms with E-state index in [0.29, 0.717) is 19.6 Å². The lowest BCUT2D eigenvalue weighted by molar-refractivity contribution is 0.0696. The summed E-state index contributed by atoms with van der Waals surface area (Å²) in [4.78, 5) is 24.5. The van der Waals surface area contributed by atoms with Crippen LogP contribution in [0.3, 0.4) is 0 Å². The molecule has 1 unspecified atom stereocenters. The number of nitrogens with zero attached hydrogens (tertiary/aromatic N) is 1. The molecule has 1 atom stereocenters. The molecule has 108 valence electrons. The van der Waals surface area contributed by atoms with Gasteiger partial charge in [0, 0.05) is 25.7 Å². The number of amides is 2. The Balaban J connectivity index is 1.89. The van der Waals surface area contributed by atoms with Crippen molar-refractivity contribution in [2.45, 2.75) is 25.4 Å². The summed E-state index contributed by atoms with van der Waals surface area (Å²) in [7, 11) is 0. The first kappa shape index (κ1) is 14.3. The summed E-state index contributed by atoms with van der Waals surface area (Å²) in [6.45, 7) is 1.60. The average molecular weight is 277 g/mol. The summed E-state index contributed by atoms with van der Waals surface area (Å²) in [5.74, 6) is -0.972. The van der Waals surface area contributed by atoms with Crippen molar-refractivity contribution in [2.24, 2.45) is 5.73 Å². The molecular weight excluding hydrogens is 258 g/mol. The second kappa shape index (κ2) is 6.38. The van der Waals surface area contributed by atoms with Crippen LogP contribution in [0.1, 0.15) is 28.8 Å². The minimum absolute atomic E-state index is 0.0461. The van der Waals surface area contributed by atoms with Crippen LogP contribution in [0.15, 0.2) is 24.3 Å². The molecule has 1 heterocycles. The van der Waals surface area contributed by atoms with Gasteiger partial charge in [-0.15, -0.1) is 0 Å². The summed E-state index contributed by atoms with van der Waals surface area (Å²) >= 11 is 0. The molecule has 4 N–H and O–H groups in total. The Kier molecular flexibility index (Phi) is 4.57. The van der Waals surface area contributed by atoms with Crippen LogP contribution in [0.2, 0.25) is 0 Å². The van der Waals surface area contributed by atoms with E-state index in [1.165, 1.54) is 6.07 Å². The van der Waals surface area contributed by atoms with E-state index < -0.39 is 5.97 Å². The molecule has 2 amide bonds. The predicted molar refractivity (Wildman–Crippen MR) is 74.4 cm³/mol. The number of hydrogen-bond acceptors (Lipinski definition) is 3. The Bertz CT molecular complexity index is 504. The molecule has 0 radical (unpaired) electrons. The van der Waals surface area contributed by atoms with Crippen molar-refractivity contribution in [3.8, 4) is 0 Å². The van der Waals surface area contributed by atoms with E-state index in [2.05, 4.69) is 5.32 Å². The third-order valence-corrected chi connectivity index (χ3v) is 3.36. The summed E-state index contributed by atoms with van der Waals surface area (Å²) < 4.78 is 0. The first-order valence-electron chi connectivity index (χ1n) is 6.67. The van der Waals surface area contributed by atoms with E-state index in [4.69, 9.17) is 10.8 Å². The molecule has 0 bridgehead atoms. The van der Waals surface area contributed by atoms with E-state index in [9.17, 15) is 9.59 Å². The molecule has 1 aromatic rings. The molecule has 0 aliphatic carbocycles. The number of carboxylic acid groups (broad SMARTS) is 1. The Morgan fingerprint density at radius 2 is 2.25 bits per heavy atom. The molecule has 0 spiro atoms. The van der Waals surface area contributed by atoms with Crippen LogP contribution in [0.5, 0.6) is 0 Å². The van der Waals surface area contributed by atoms with Crippen molar-refractivity contribution in [2.75, 3.05) is 13.1 Å². The molecule has 1 aromatic carbocycles. The number of aromatic carboxylic acids is 1. The number of carboxylic acids is 1. The molecule has 2 rings (SSSR count). The van der Waals surface area contributed by atoms with Gasteiger partial charge in [0.25, 0.3) is 0 Å². The van der Waals surface area contributed by atoms with Gasteiger partial charge in [0.05, 0.1) is 5.56 Å². The van der Waals surface area contributed by atoms with E-state index >= 15 is 0 Å². The van der Waals surface area contributed by atoms with Crippen LogP contribution in [-0.4, -0.2) is 41.1 Å². The molecule has 0 saturated carbocycles. The number of carbonyl (C=O) groups is 2. The van der Waals surface area contributed by atoms with E-state index in [1.807, 2.05) is 0 Å². The van der Waals surface area contributed by atoms with E-state index in [0.717, 1.165) is 18.4 Å². The van der Waals surface area contributed by atoms with Gasteiger partial charge in [0.15, 0.2) is 0 Å². The third-order valence-electron chi connectivity index (χ3n) is 3.36. The molecule has 1 aliphatic rings. The summed E-state index contributed by atoms with van der Waals surface area (Å²) in [5.41, 5.74) is 6.82. The van der Waals surface area contributed by atoms with Gasteiger partial charge in [-0.3, -0.25) is 0 Å². The molecule has 6 heteroatoms. The van der Waals surface area contributed by atoms with Gasteiger partial charge < -0.3 is 21.1 Å². The molecule has 0 aromatic heterocycles. The fourth-order valence-electron chi connectivity index (χ4n) is 2.30. The molecule has 1 saturated heterocycles. The van der Waals surface area contributed by atoms with Gasteiger partial charge in [0.2, 0.25) is 0 Å². The zero-order chi connectivity index (χ0) is 14.5. The maximum atomic E-state index is 12.0. The summed E-state index contributed by atoms with van der Waals surface area (Å²) in [5, 5.41) is 11.7. The average Bonchev–Trinajstić information content (AvgIpc) is 2.45. The largest absolute Gasteiger partial charge is 0.478 e. The van der Waals surface area contributed by atoms with E-state index in [1.54, 1.807) is 23.1 Å². The number of carbonyl (C=O) groups excluding carboxylic acids is 1. The van der Waals surface area contributed by atoms with Crippen LogP contribution in [-0.2, 0) is 6.54 Å². The zero-order valence-electron chi connectivity index (χ0n) is 11.2. The van der Waals surface area contributed by atoms with Gasteiger partial charge in [0.1, 0.15) is 0 Å². The number of benzene rings is 1. The smallest absolute Gasteiger partial charge is 0.335 e. The fourth-order valence-corrected chi connectivity index (χ4v) is 2.30. The van der Waals surface area contributed by atoms with Gasteiger partial charge in [-0.1, -0.05) is 12.1 Å². The van der Waals surface area contributed by atoms with Crippen LogP contribution < -0.4 is 11.1 Å². The molecule has 1 aliphatic heterocycles. The van der Waals surface area contributed by atoms with Crippen molar-refractivity contribution in [3.05, 3.63) is 35.4 Å². The predicted octanol–water partition coefficient (Wildman–Crippen LogP) is 1.02. The number of rotatable bonds is 3. The van der Waals surface area contributed by atoms with Crippen LogP contribution >= 0.6 is 0 Å². The topological polar surface area (TPSA) is 95.7 Å². The number of urea groups is 1. The minimum Gasteiger partial charge on any atom is -0.478 e. The number of hydrogen-bond donors (Lipinski definition) is 3. The Morgan fingerprint density at radius 1 is 1.45 bits per heavy atom. The molecule has 1 fully saturated rings. The highest BCUT2D eigenvalue weighted by molar-refractivity contribution is 5.87. The lowest BCUT2D eigenvalue weighted by atomic mass is 10.1. The summed E-state index contributed by atoms with van der Waals surface area (Å²) in [6.07, 6.45) is 1.87. The highest BCUT2D eigenvalue weighted by atomic mass is 16.4. The third kappa shape index (κ3) is 3.71.